The molecule has 2 aromatic rings. The van der Waals surface area contributed by atoms with Gasteiger partial charge in [-0.2, -0.15) is 0 Å². The monoisotopic (exact) mass is 471 g/mol. The van der Waals surface area contributed by atoms with Crippen molar-refractivity contribution in [1.82, 2.24) is 14.9 Å². The zero-order valence-corrected chi connectivity index (χ0v) is 19.7. The first-order valence-corrected chi connectivity index (χ1v) is 13.3. The third-order valence-electron chi connectivity index (χ3n) is 6.41. The SMILES string of the molecule is O=C(NC[C@H]1CCCCN1Cc1ccccc1)c1cccc(S(=O)(=O)NC[C@@H]2CCCO2)c1. The van der Waals surface area contributed by atoms with Gasteiger partial charge in [0.2, 0.25) is 10.0 Å². The van der Waals surface area contributed by atoms with Gasteiger partial charge in [0.1, 0.15) is 0 Å². The summed E-state index contributed by atoms with van der Waals surface area (Å²) in [6, 6.07) is 16.8. The molecule has 8 heteroatoms. The van der Waals surface area contributed by atoms with Crippen LogP contribution in [0.25, 0.3) is 0 Å². The molecule has 0 unspecified atom stereocenters. The molecule has 7 nitrogen and oxygen atoms in total. The molecule has 0 aromatic heterocycles. The van der Waals surface area contributed by atoms with E-state index in [1.54, 1.807) is 12.1 Å². The van der Waals surface area contributed by atoms with Crippen LogP contribution in [-0.2, 0) is 21.3 Å². The topological polar surface area (TPSA) is 87.7 Å². The predicted molar refractivity (Wildman–Crippen MR) is 127 cm³/mol. The molecule has 0 aliphatic carbocycles. The standard InChI is InChI=1S/C25H33N3O4S/c29-25(26-17-22-11-4-5-14-28(22)19-20-8-2-1-3-9-20)21-10-6-13-24(16-21)33(30,31)27-18-23-12-7-15-32-23/h1-3,6,8-10,13,16,22-23,27H,4-5,7,11-12,14-15,17-19H2,(H,26,29)/t22-,23+/m1/s1. The molecule has 1 amide bonds. The molecule has 2 fully saturated rings. The van der Waals surface area contributed by atoms with Crippen molar-refractivity contribution in [3.8, 4) is 0 Å². The highest BCUT2D eigenvalue weighted by atomic mass is 32.2. The van der Waals surface area contributed by atoms with E-state index in [0.29, 0.717) is 18.7 Å². The first-order valence-electron chi connectivity index (χ1n) is 11.8. The number of likely N-dealkylation sites (tertiary alicyclic amines) is 1. The maximum absolute atomic E-state index is 12.8. The van der Waals surface area contributed by atoms with E-state index < -0.39 is 10.0 Å². The minimum Gasteiger partial charge on any atom is -0.377 e. The summed E-state index contributed by atoms with van der Waals surface area (Å²) in [4.78, 5) is 15.4. The van der Waals surface area contributed by atoms with Gasteiger partial charge in [0.25, 0.3) is 5.91 Å². The minimum atomic E-state index is -3.70. The number of carbonyl (C=O) groups excluding carboxylic acids is 1. The van der Waals surface area contributed by atoms with Crippen LogP contribution in [0, 0.1) is 0 Å². The molecule has 33 heavy (non-hydrogen) atoms. The van der Waals surface area contributed by atoms with Gasteiger partial charge >= 0.3 is 0 Å². The maximum atomic E-state index is 12.8. The van der Waals surface area contributed by atoms with Gasteiger partial charge in [-0.25, -0.2) is 13.1 Å². The molecule has 2 aromatic carbocycles. The van der Waals surface area contributed by atoms with Gasteiger partial charge in [-0.05, 0) is 56.0 Å². The summed E-state index contributed by atoms with van der Waals surface area (Å²) in [5, 5.41) is 3.02. The number of sulfonamides is 1. The number of amides is 1. The zero-order chi connectivity index (χ0) is 23.1. The van der Waals surface area contributed by atoms with Crippen LogP contribution >= 0.6 is 0 Å². The largest absolute Gasteiger partial charge is 0.377 e. The van der Waals surface area contributed by atoms with Gasteiger partial charge in [0.15, 0.2) is 0 Å². The van der Waals surface area contributed by atoms with E-state index in [-0.39, 0.29) is 29.5 Å². The lowest BCUT2D eigenvalue weighted by Gasteiger charge is -2.36. The number of ether oxygens (including phenoxy) is 1. The molecule has 2 heterocycles. The quantitative estimate of drug-likeness (QED) is 0.587. The molecule has 0 bridgehead atoms. The number of hydrogen-bond acceptors (Lipinski definition) is 5. The van der Waals surface area contributed by atoms with Crippen LogP contribution in [0.3, 0.4) is 0 Å². The fraction of sp³-hybridized carbons (Fsp3) is 0.480. The fourth-order valence-electron chi connectivity index (χ4n) is 4.53. The fourth-order valence-corrected chi connectivity index (χ4v) is 5.64. The molecule has 0 spiro atoms. The molecular weight excluding hydrogens is 438 g/mol. The van der Waals surface area contributed by atoms with Crippen LogP contribution in [0.15, 0.2) is 59.5 Å². The summed E-state index contributed by atoms with van der Waals surface area (Å²) in [7, 11) is -3.70. The summed E-state index contributed by atoms with van der Waals surface area (Å²) in [5.41, 5.74) is 1.62. The van der Waals surface area contributed by atoms with Crippen LogP contribution in [0.2, 0.25) is 0 Å². The first-order chi connectivity index (χ1) is 16.0. The molecule has 4 rings (SSSR count). The smallest absolute Gasteiger partial charge is 0.251 e. The Balaban J connectivity index is 1.34. The zero-order valence-electron chi connectivity index (χ0n) is 18.9. The summed E-state index contributed by atoms with van der Waals surface area (Å²) in [5.74, 6) is -0.253. The van der Waals surface area contributed by atoms with Crippen molar-refractivity contribution in [2.24, 2.45) is 0 Å². The van der Waals surface area contributed by atoms with Crippen molar-refractivity contribution < 1.29 is 17.9 Å². The second kappa shape index (κ2) is 11.2. The third kappa shape index (κ3) is 6.63. The number of rotatable bonds is 9. The summed E-state index contributed by atoms with van der Waals surface area (Å²) >= 11 is 0. The molecule has 2 atom stereocenters. The number of nitrogens with zero attached hydrogens (tertiary/aromatic N) is 1. The Morgan fingerprint density at radius 1 is 1.00 bits per heavy atom. The normalized spacial score (nSPS) is 21.7. The molecule has 2 N–H and O–H groups in total. The molecule has 2 saturated heterocycles. The van der Waals surface area contributed by atoms with Crippen LogP contribution in [0.4, 0.5) is 0 Å². The highest BCUT2D eigenvalue weighted by Crippen LogP contribution is 2.20. The van der Waals surface area contributed by atoms with Gasteiger partial charge in [0, 0.05) is 37.8 Å². The molecular formula is C25H33N3O4S. The number of piperidine rings is 1. The van der Waals surface area contributed by atoms with Crippen molar-refractivity contribution in [2.45, 2.75) is 55.7 Å². The van der Waals surface area contributed by atoms with E-state index in [1.165, 1.54) is 17.7 Å². The van der Waals surface area contributed by atoms with E-state index in [1.807, 2.05) is 18.2 Å². The third-order valence-corrected chi connectivity index (χ3v) is 7.83. The van der Waals surface area contributed by atoms with Crippen molar-refractivity contribution in [3.63, 3.8) is 0 Å². The summed E-state index contributed by atoms with van der Waals surface area (Å²) < 4.78 is 33.5. The van der Waals surface area contributed by atoms with Gasteiger partial charge < -0.3 is 10.1 Å². The van der Waals surface area contributed by atoms with Crippen LogP contribution < -0.4 is 10.0 Å². The Hall–Kier alpha value is -2.26. The molecule has 0 saturated carbocycles. The Bertz CT molecular complexity index is 1020. The van der Waals surface area contributed by atoms with E-state index in [2.05, 4.69) is 27.1 Å². The second-order valence-corrected chi connectivity index (χ2v) is 10.6. The van der Waals surface area contributed by atoms with Crippen molar-refractivity contribution in [3.05, 3.63) is 65.7 Å². The highest BCUT2D eigenvalue weighted by Gasteiger charge is 2.24. The van der Waals surface area contributed by atoms with Gasteiger partial charge in [-0.1, -0.05) is 42.8 Å². The van der Waals surface area contributed by atoms with Gasteiger partial charge in [-0.15, -0.1) is 0 Å². The van der Waals surface area contributed by atoms with Crippen molar-refractivity contribution in [2.75, 3.05) is 26.2 Å². The number of benzene rings is 2. The van der Waals surface area contributed by atoms with Crippen LogP contribution in [0.5, 0.6) is 0 Å². The van der Waals surface area contributed by atoms with Crippen molar-refractivity contribution in [1.29, 1.82) is 0 Å². The van der Waals surface area contributed by atoms with E-state index in [4.69, 9.17) is 4.74 Å². The van der Waals surface area contributed by atoms with Gasteiger partial charge in [0.05, 0.1) is 11.0 Å². The van der Waals surface area contributed by atoms with E-state index in [9.17, 15) is 13.2 Å². The molecule has 2 aliphatic heterocycles. The second-order valence-electron chi connectivity index (χ2n) is 8.83. The Morgan fingerprint density at radius 3 is 2.64 bits per heavy atom. The average molecular weight is 472 g/mol. The Kier molecular flexibility index (Phi) is 8.14. The first kappa shape index (κ1) is 23.9. The minimum absolute atomic E-state index is 0.0828. The average Bonchev–Trinajstić information content (AvgIpc) is 3.37. The lowest BCUT2D eigenvalue weighted by molar-refractivity contribution is 0.0907. The number of hydrogen-bond donors (Lipinski definition) is 2. The number of carbonyl (C=O) groups is 1. The van der Waals surface area contributed by atoms with E-state index >= 15 is 0 Å². The van der Waals surface area contributed by atoms with Crippen molar-refractivity contribution >= 4 is 15.9 Å². The lowest BCUT2D eigenvalue weighted by Crippen LogP contribution is -2.46. The molecule has 178 valence electrons. The molecule has 2 aliphatic rings. The maximum Gasteiger partial charge on any atom is 0.251 e. The highest BCUT2D eigenvalue weighted by molar-refractivity contribution is 7.89. The van der Waals surface area contributed by atoms with Crippen LogP contribution in [-0.4, -0.2) is 57.6 Å². The molecule has 0 radical (unpaired) electrons. The lowest BCUT2D eigenvalue weighted by atomic mass is 10.0. The van der Waals surface area contributed by atoms with Crippen LogP contribution in [0.1, 0.15) is 48.0 Å². The summed E-state index contributed by atoms with van der Waals surface area (Å²) in [6.45, 7) is 3.34. The van der Waals surface area contributed by atoms with Gasteiger partial charge in [-0.3, -0.25) is 9.69 Å². The van der Waals surface area contributed by atoms with E-state index in [0.717, 1.165) is 45.2 Å². The predicted octanol–water partition coefficient (Wildman–Crippen LogP) is 2.93. The Labute approximate surface area is 196 Å². The number of nitrogens with one attached hydrogen (secondary N) is 2. The summed E-state index contributed by atoms with van der Waals surface area (Å²) in [6.07, 6.45) is 5.07. The Morgan fingerprint density at radius 2 is 1.85 bits per heavy atom.